The molecule has 2 rings (SSSR count). The van der Waals surface area contributed by atoms with Crippen LogP contribution in [0.1, 0.15) is 5.69 Å². The fraction of sp³-hybridized carbons (Fsp3) is 0.231. The zero-order chi connectivity index (χ0) is 14.5. The van der Waals surface area contributed by atoms with E-state index in [0.717, 1.165) is 5.69 Å². The van der Waals surface area contributed by atoms with Crippen LogP contribution in [0.25, 0.3) is 0 Å². The summed E-state index contributed by atoms with van der Waals surface area (Å²) in [6, 6.07) is 7.78. The number of nitrogens with zero attached hydrogens (tertiary/aromatic N) is 2. The summed E-state index contributed by atoms with van der Waals surface area (Å²) in [5.41, 5.74) is 1.03. The molecule has 0 radical (unpaired) electrons. The van der Waals surface area contributed by atoms with Crippen molar-refractivity contribution in [1.82, 2.24) is 9.78 Å². The third-order valence-electron chi connectivity index (χ3n) is 2.60. The Morgan fingerprint density at radius 2 is 2.15 bits per heavy atom. The van der Waals surface area contributed by atoms with E-state index < -0.39 is 6.61 Å². The van der Waals surface area contributed by atoms with Gasteiger partial charge in [-0.2, -0.15) is 13.9 Å². The van der Waals surface area contributed by atoms with E-state index in [0.29, 0.717) is 0 Å². The molecule has 0 aliphatic heterocycles. The van der Waals surface area contributed by atoms with Crippen LogP contribution in [0.2, 0.25) is 0 Å². The van der Waals surface area contributed by atoms with Crippen LogP contribution >= 0.6 is 0 Å². The molecule has 20 heavy (non-hydrogen) atoms. The van der Waals surface area contributed by atoms with Crippen molar-refractivity contribution in [3.63, 3.8) is 0 Å². The number of halogens is 2. The normalized spacial score (nSPS) is 10.6. The van der Waals surface area contributed by atoms with Crippen LogP contribution in [0, 0.1) is 6.92 Å². The Hall–Kier alpha value is -2.44. The number of ether oxygens (including phenoxy) is 1. The highest BCUT2D eigenvalue weighted by Crippen LogP contribution is 2.25. The van der Waals surface area contributed by atoms with Gasteiger partial charge in [-0.25, -0.2) is 0 Å². The Labute approximate surface area is 114 Å². The predicted octanol–water partition coefficient (Wildman–Crippen LogP) is 2.43. The molecule has 0 aliphatic carbocycles. The number of benzene rings is 1. The van der Waals surface area contributed by atoms with Crippen LogP contribution in [0.3, 0.4) is 0 Å². The molecule has 0 saturated heterocycles. The quantitative estimate of drug-likeness (QED) is 0.915. The molecule has 0 bridgehead atoms. The van der Waals surface area contributed by atoms with Gasteiger partial charge in [0.15, 0.2) is 0 Å². The maximum Gasteiger partial charge on any atom is 0.387 e. The molecule has 0 atom stereocenters. The number of nitrogens with one attached hydrogen (secondary N) is 1. The summed E-state index contributed by atoms with van der Waals surface area (Å²) in [5, 5.41) is 6.50. The molecule has 1 amide bonds. The topological polar surface area (TPSA) is 56.2 Å². The SMILES string of the molecule is Cc1ccnn1CC(=O)Nc1ccccc1OC(F)F. The average Bonchev–Trinajstić information content (AvgIpc) is 2.77. The average molecular weight is 281 g/mol. The minimum atomic E-state index is -2.94. The van der Waals surface area contributed by atoms with Gasteiger partial charge < -0.3 is 10.1 Å². The Morgan fingerprint density at radius 1 is 1.40 bits per heavy atom. The highest BCUT2D eigenvalue weighted by Gasteiger charge is 2.12. The molecule has 2 aromatic rings. The van der Waals surface area contributed by atoms with Crippen molar-refractivity contribution < 1.29 is 18.3 Å². The number of amides is 1. The first kappa shape index (κ1) is 14.0. The summed E-state index contributed by atoms with van der Waals surface area (Å²) in [6.07, 6.45) is 1.58. The molecule has 0 aliphatic rings. The molecule has 1 N–H and O–H groups in total. The van der Waals surface area contributed by atoms with Gasteiger partial charge in [-0.15, -0.1) is 0 Å². The van der Waals surface area contributed by atoms with Gasteiger partial charge in [-0.05, 0) is 25.1 Å². The lowest BCUT2D eigenvalue weighted by Gasteiger charge is -2.12. The molecule has 1 heterocycles. The first-order chi connectivity index (χ1) is 9.56. The van der Waals surface area contributed by atoms with Crippen molar-refractivity contribution in [1.29, 1.82) is 0 Å². The van der Waals surface area contributed by atoms with Gasteiger partial charge in [-0.1, -0.05) is 12.1 Å². The van der Waals surface area contributed by atoms with Gasteiger partial charge in [-0.3, -0.25) is 9.48 Å². The van der Waals surface area contributed by atoms with Crippen LogP contribution in [-0.2, 0) is 11.3 Å². The van der Waals surface area contributed by atoms with Crippen LogP contribution in [0.5, 0.6) is 5.75 Å². The lowest BCUT2D eigenvalue weighted by atomic mass is 10.3. The van der Waals surface area contributed by atoms with E-state index in [2.05, 4.69) is 15.2 Å². The van der Waals surface area contributed by atoms with Crippen LogP contribution in [0.4, 0.5) is 14.5 Å². The van der Waals surface area contributed by atoms with Crippen LogP contribution in [-0.4, -0.2) is 22.3 Å². The minimum Gasteiger partial charge on any atom is -0.433 e. The molecule has 0 fully saturated rings. The first-order valence-electron chi connectivity index (χ1n) is 5.88. The molecule has 0 spiro atoms. The summed E-state index contributed by atoms with van der Waals surface area (Å²) < 4.78 is 30.3. The molecular weight excluding hydrogens is 268 g/mol. The van der Waals surface area contributed by atoms with E-state index in [-0.39, 0.29) is 23.9 Å². The van der Waals surface area contributed by atoms with Gasteiger partial charge in [0.25, 0.3) is 0 Å². The molecule has 0 unspecified atom stereocenters. The standard InChI is InChI=1S/C13H13F2N3O2/c1-9-6-7-16-18(9)8-12(19)17-10-4-2-3-5-11(10)20-13(14)15/h2-7,13H,8H2,1H3,(H,17,19). The molecule has 5 nitrogen and oxygen atoms in total. The van der Waals surface area contributed by atoms with E-state index in [1.807, 2.05) is 6.92 Å². The van der Waals surface area contributed by atoms with Gasteiger partial charge in [0.05, 0.1) is 5.69 Å². The largest absolute Gasteiger partial charge is 0.433 e. The third kappa shape index (κ3) is 3.53. The monoisotopic (exact) mass is 281 g/mol. The number of rotatable bonds is 5. The predicted molar refractivity (Wildman–Crippen MR) is 68.7 cm³/mol. The first-order valence-corrected chi connectivity index (χ1v) is 5.88. The zero-order valence-electron chi connectivity index (χ0n) is 10.7. The van der Waals surface area contributed by atoms with E-state index in [1.165, 1.54) is 16.8 Å². The van der Waals surface area contributed by atoms with Gasteiger partial charge in [0.1, 0.15) is 12.3 Å². The van der Waals surface area contributed by atoms with Crippen LogP contribution in [0.15, 0.2) is 36.5 Å². The van der Waals surface area contributed by atoms with Crippen molar-refractivity contribution in [2.75, 3.05) is 5.32 Å². The molecule has 7 heteroatoms. The lowest BCUT2D eigenvalue weighted by Crippen LogP contribution is -2.20. The van der Waals surface area contributed by atoms with E-state index >= 15 is 0 Å². The van der Waals surface area contributed by atoms with E-state index in [9.17, 15) is 13.6 Å². The Morgan fingerprint density at radius 3 is 2.80 bits per heavy atom. The van der Waals surface area contributed by atoms with Crippen molar-refractivity contribution in [2.45, 2.75) is 20.1 Å². The highest BCUT2D eigenvalue weighted by molar-refractivity contribution is 5.92. The summed E-state index contributed by atoms with van der Waals surface area (Å²) in [7, 11) is 0. The number of carbonyl (C=O) groups is 1. The van der Waals surface area contributed by atoms with Gasteiger partial charge in [0.2, 0.25) is 5.91 Å². The zero-order valence-corrected chi connectivity index (χ0v) is 10.7. The Bertz CT molecular complexity index is 599. The maximum absolute atomic E-state index is 12.2. The second-order valence-corrected chi connectivity index (χ2v) is 4.05. The fourth-order valence-electron chi connectivity index (χ4n) is 1.66. The van der Waals surface area contributed by atoms with Crippen molar-refractivity contribution in [2.24, 2.45) is 0 Å². The van der Waals surface area contributed by atoms with Crippen molar-refractivity contribution >= 4 is 11.6 Å². The molecule has 0 saturated carbocycles. The van der Waals surface area contributed by atoms with E-state index in [4.69, 9.17) is 0 Å². The summed E-state index contributed by atoms with van der Waals surface area (Å²) >= 11 is 0. The molecule has 106 valence electrons. The Balaban J connectivity index is 2.06. The number of aromatic nitrogens is 2. The molecule has 1 aromatic heterocycles. The number of anilines is 1. The second-order valence-electron chi connectivity index (χ2n) is 4.05. The van der Waals surface area contributed by atoms with Crippen LogP contribution < -0.4 is 10.1 Å². The number of alkyl halides is 2. The lowest BCUT2D eigenvalue weighted by molar-refractivity contribution is -0.117. The third-order valence-corrected chi connectivity index (χ3v) is 2.60. The molecule has 1 aromatic carbocycles. The number of hydrogen-bond acceptors (Lipinski definition) is 3. The second kappa shape index (κ2) is 6.14. The van der Waals surface area contributed by atoms with E-state index in [1.54, 1.807) is 24.4 Å². The van der Waals surface area contributed by atoms with Crippen molar-refractivity contribution in [3.8, 4) is 5.75 Å². The number of carbonyl (C=O) groups excluding carboxylic acids is 1. The summed E-state index contributed by atoms with van der Waals surface area (Å²) in [4.78, 5) is 11.9. The Kier molecular flexibility index (Phi) is 4.29. The number of aryl methyl sites for hydroxylation is 1. The minimum absolute atomic E-state index is 0.00183. The maximum atomic E-state index is 12.2. The van der Waals surface area contributed by atoms with Gasteiger partial charge in [0, 0.05) is 11.9 Å². The number of para-hydroxylation sites is 2. The molecular formula is C13H13F2N3O2. The number of hydrogen-bond donors (Lipinski definition) is 1. The van der Waals surface area contributed by atoms with Crippen molar-refractivity contribution in [3.05, 3.63) is 42.2 Å². The summed E-state index contributed by atoms with van der Waals surface area (Å²) in [5.74, 6) is -0.449. The highest BCUT2D eigenvalue weighted by atomic mass is 19.3. The van der Waals surface area contributed by atoms with Gasteiger partial charge >= 0.3 is 6.61 Å². The fourth-order valence-corrected chi connectivity index (χ4v) is 1.66. The smallest absolute Gasteiger partial charge is 0.387 e. The summed E-state index contributed by atoms with van der Waals surface area (Å²) in [6.45, 7) is -1.13.